The molecule has 0 aromatic rings. The highest BCUT2D eigenvalue weighted by atomic mass is 32.1. The van der Waals surface area contributed by atoms with Gasteiger partial charge in [-0.05, 0) is 12.8 Å². The summed E-state index contributed by atoms with van der Waals surface area (Å²) in [7, 11) is 0. The number of hydrogen-bond donors (Lipinski definition) is 0. The van der Waals surface area contributed by atoms with Crippen molar-refractivity contribution < 1.29 is 14.3 Å². The first-order chi connectivity index (χ1) is 5.20. The van der Waals surface area contributed by atoms with Crippen LogP contribution in [0.4, 0.5) is 0 Å². The topological polar surface area (TPSA) is 43.4 Å². The average Bonchev–Trinajstić information content (AvgIpc) is 1.87. The van der Waals surface area contributed by atoms with Crippen LogP contribution in [0.2, 0.25) is 0 Å². The van der Waals surface area contributed by atoms with Gasteiger partial charge < -0.3 is 4.74 Å². The van der Waals surface area contributed by atoms with Gasteiger partial charge in [-0.1, -0.05) is 13.8 Å². The minimum Gasteiger partial charge on any atom is -0.393 e. The third-order valence-corrected chi connectivity index (χ3v) is 1.14. The third-order valence-electron chi connectivity index (χ3n) is 1.14. The van der Waals surface area contributed by atoms with Crippen molar-refractivity contribution in [1.82, 2.24) is 0 Å². The molecule has 72 valence electrons. The largest absolute Gasteiger partial charge is 0.393 e. The smallest absolute Gasteiger partial charge is 0.313 e. The fourth-order valence-corrected chi connectivity index (χ4v) is 0.637. The maximum Gasteiger partial charge on any atom is 0.313 e. The second-order valence-corrected chi connectivity index (χ2v) is 2.35. The SMILES string of the molecule is CCCC(=O)OC(=O)CCC.S. The Hall–Kier alpha value is -0.510. The van der Waals surface area contributed by atoms with Crippen LogP contribution >= 0.6 is 13.5 Å². The molecule has 3 nitrogen and oxygen atoms in total. The quantitative estimate of drug-likeness (QED) is 0.503. The molecule has 0 spiro atoms. The zero-order valence-electron chi connectivity index (χ0n) is 7.55. The molecular formula is C8H16O3S. The van der Waals surface area contributed by atoms with Crippen LogP contribution in [0.5, 0.6) is 0 Å². The highest BCUT2D eigenvalue weighted by Crippen LogP contribution is 1.95. The van der Waals surface area contributed by atoms with Crippen LogP contribution in [0.25, 0.3) is 0 Å². The summed E-state index contributed by atoms with van der Waals surface area (Å²) in [5, 5.41) is 0. The highest BCUT2D eigenvalue weighted by Gasteiger charge is 2.06. The molecule has 0 fully saturated rings. The third kappa shape index (κ3) is 7.60. The van der Waals surface area contributed by atoms with Gasteiger partial charge in [0.25, 0.3) is 0 Å². The molecular weight excluding hydrogens is 176 g/mol. The van der Waals surface area contributed by atoms with Crippen LogP contribution in [-0.4, -0.2) is 11.9 Å². The Morgan fingerprint density at radius 2 is 1.33 bits per heavy atom. The Labute approximate surface area is 79.9 Å². The van der Waals surface area contributed by atoms with Gasteiger partial charge in [0.1, 0.15) is 0 Å². The molecule has 0 aromatic heterocycles. The van der Waals surface area contributed by atoms with Crippen molar-refractivity contribution in [2.45, 2.75) is 39.5 Å². The molecule has 0 saturated heterocycles. The molecule has 0 aliphatic carbocycles. The van der Waals surface area contributed by atoms with E-state index in [1.807, 2.05) is 13.8 Å². The zero-order chi connectivity index (χ0) is 8.69. The molecule has 0 atom stereocenters. The van der Waals surface area contributed by atoms with Crippen molar-refractivity contribution in [2.24, 2.45) is 0 Å². The summed E-state index contributed by atoms with van der Waals surface area (Å²) in [5.74, 6) is -0.822. The van der Waals surface area contributed by atoms with Crippen molar-refractivity contribution in [2.75, 3.05) is 0 Å². The molecule has 0 bridgehead atoms. The van der Waals surface area contributed by atoms with E-state index in [-0.39, 0.29) is 13.5 Å². The van der Waals surface area contributed by atoms with E-state index >= 15 is 0 Å². The molecule has 0 rings (SSSR count). The molecule has 0 N–H and O–H groups in total. The summed E-state index contributed by atoms with van der Waals surface area (Å²) in [4.78, 5) is 21.4. The predicted octanol–water partition coefficient (Wildman–Crippen LogP) is 1.77. The molecule has 12 heavy (non-hydrogen) atoms. The normalized spacial score (nSPS) is 8.50. The number of rotatable bonds is 4. The fourth-order valence-electron chi connectivity index (χ4n) is 0.637. The Kier molecular flexibility index (Phi) is 10.0. The summed E-state index contributed by atoms with van der Waals surface area (Å²) >= 11 is 0. The van der Waals surface area contributed by atoms with Gasteiger partial charge in [0.2, 0.25) is 0 Å². The lowest BCUT2D eigenvalue weighted by molar-refractivity contribution is -0.159. The minimum absolute atomic E-state index is 0. The maximum atomic E-state index is 10.7. The van der Waals surface area contributed by atoms with Crippen LogP contribution in [0, 0.1) is 0 Å². The van der Waals surface area contributed by atoms with Crippen molar-refractivity contribution in [3.8, 4) is 0 Å². The minimum atomic E-state index is -0.411. The number of carbonyl (C=O) groups excluding carboxylic acids is 2. The van der Waals surface area contributed by atoms with Gasteiger partial charge in [0, 0.05) is 12.8 Å². The van der Waals surface area contributed by atoms with Crippen molar-refractivity contribution >= 4 is 25.4 Å². The van der Waals surface area contributed by atoms with Crippen LogP contribution in [0.1, 0.15) is 39.5 Å². The monoisotopic (exact) mass is 192 g/mol. The summed E-state index contributed by atoms with van der Waals surface area (Å²) in [6, 6.07) is 0. The Bertz CT molecular complexity index is 129. The highest BCUT2D eigenvalue weighted by molar-refractivity contribution is 7.59. The number of esters is 2. The molecule has 4 heteroatoms. The lowest BCUT2D eigenvalue weighted by Crippen LogP contribution is -2.10. The fraction of sp³-hybridized carbons (Fsp3) is 0.750. The number of ether oxygens (including phenoxy) is 1. The molecule has 0 saturated carbocycles. The first-order valence-corrected chi connectivity index (χ1v) is 3.94. The summed E-state index contributed by atoms with van der Waals surface area (Å²) in [5.41, 5.74) is 0. The van der Waals surface area contributed by atoms with E-state index in [2.05, 4.69) is 4.74 Å². The summed E-state index contributed by atoms with van der Waals surface area (Å²) < 4.78 is 4.45. The summed E-state index contributed by atoms with van der Waals surface area (Å²) in [6.45, 7) is 3.73. The van der Waals surface area contributed by atoms with Gasteiger partial charge in [-0.2, -0.15) is 13.5 Å². The van der Waals surface area contributed by atoms with E-state index in [4.69, 9.17) is 0 Å². The molecule has 0 unspecified atom stereocenters. The molecule has 0 amide bonds. The van der Waals surface area contributed by atoms with Gasteiger partial charge in [-0.3, -0.25) is 9.59 Å². The van der Waals surface area contributed by atoms with Crippen LogP contribution in [0.15, 0.2) is 0 Å². The van der Waals surface area contributed by atoms with E-state index in [0.29, 0.717) is 12.8 Å². The Morgan fingerprint density at radius 3 is 1.58 bits per heavy atom. The van der Waals surface area contributed by atoms with Crippen LogP contribution in [0.3, 0.4) is 0 Å². The molecule has 0 aromatic carbocycles. The van der Waals surface area contributed by atoms with Crippen molar-refractivity contribution in [1.29, 1.82) is 0 Å². The van der Waals surface area contributed by atoms with Gasteiger partial charge in [-0.15, -0.1) is 0 Å². The van der Waals surface area contributed by atoms with E-state index in [9.17, 15) is 9.59 Å². The second-order valence-electron chi connectivity index (χ2n) is 2.35. The summed E-state index contributed by atoms with van der Waals surface area (Å²) in [6.07, 6.45) is 2.10. The van der Waals surface area contributed by atoms with Gasteiger partial charge in [-0.25, -0.2) is 0 Å². The average molecular weight is 192 g/mol. The van der Waals surface area contributed by atoms with Gasteiger partial charge >= 0.3 is 11.9 Å². The van der Waals surface area contributed by atoms with E-state index < -0.39 is 11.9 Å². The van der Waals surface area contributed by atoms with Crippen molar-refractivity contribution in [3.63, 3.8) is 0 Å². The first-order valence-electron chi connectivity index (χ1n) is 3.94. The van der Waals surface area contributed by atoms with E-state index in [1.54, 1.807) is 0 Å². The maximum absolute atomic E-state index is 10.7. The lowest BCUT2D eigenvalue weighted by atomic mass is 10.3. The standard InChI is InChI=1S/C8H14O3.H2S/c1-3-5-7(9)11-8(10)6-4-2;/h3-6H2,1-2H3;1H2. The first kappa shape index (κ1) is 14.0. The number of hydrogen-bond acceptors (Lipinski definition) is 3. The van der Waals surface area contributed by atoms with Crippen molar-refractivity contribution in [3.05, 3.63) is 0 Å². The predicted molar refractivity (Wildman–Crippen MR) is 51.3 cm³/mol. The molecule has 0 heterocycles. The molecule has 0 radical (unpaired) electrons. The van der Waals surface area contributed by atoms with Gasteiger partial charge in [0.15, 0.2) is 0 Å². The molecule has 0 aliphatic heterocycles. The zero-order valence-corrected chi connectivity index (χ0v) is 8.55. The van der Waals surface area contributed by atoms with Gasteiger partial charge in [0.05, 0.1) is 0 Å². The van der Waals surface area contributed by atoms with Crippen LogP contribution in [-0.2, 0) is 14.3 Å². The van der Waals surface area contributed by atoms with E-state index in [1.165, 1.54) is 0 Å². The lowest BCUT2D eigenvalue weighted by Gasteiger charge is -1.98. The van der Waals surface area contributed by atoms with Crippen LogP contribution < -0.4 is 0 Å². The van der Waals surface area contributed by atoms with E-state index in [0.717, 1.165) is 12.8 Å². The molecule has 0 aliphatic rings. The number of carbonyl (C=O) groups is 2. The second kappa shape index (κ2) is 8.59. The Balaban J connectivity index is 0. The Morgan fingerprint density at radius 1 is 1.00 bits per heavy atom.